The van der Waals surface area contributed by atoms with Crippen molar-refractivity contribution >= 4 is 17.1 Å². The molecule has 8 heteroatoms. The lowest BCUT2D eigenvalue weighted by Crippen LogP contribution is -2.37. The maximum absolute atomic E-state index is 12.4. The molecular weight excluding hydrogens is 348 g/mol. The molecule has 0 spiro atoms. The SMILES string of the molecule is CC[C@H](C)c1ccc(OC(=O)Cn2cnc3c2c(=O)n(C)c(=O)n3C)cc1. The molecule has 1 atom stereocenters. The first kappa shape index (κ1) is 18.6. The standard InChI is InChI=1S/C19H22N4O4/c1-5-12(2)13-6-8-14(9-7-13)27-15(24)10-23-11-20-17-16(23)18(25)22(4)19(26)21(17)3/h6-9,11-12H,5,10H2,1-4H3/t12-/m0/s1. The smallest absolute Gasteiger partial charge is 0.332 e. The summed E-state index contributed by atoms with van der Waals surface area (Å²) in [5.41, 5.74) is 0.623. The zero-order valence-electron chi connectivity index (χ0n) is 15.8. The molecule has 8 nitrogen and oxygen atoms in total. The minimum atomic E-state index is -0.526. The molecule has 0 aliphatic heterocycles. The number of rotatable bonds is 5. The van der Waals surface area contributed by atoms with E-state index < -0.39 is 17.2 Å². The van der Waals surface area contributed by atoms with Crippen LogP contribution in [0.1, 0.15) is 31.7 Å². The number of aryl methyl sites for hydroxylation is 1. The Balaban J connectivity index is 1.83. The van der Waals surface area contributed by atoms with Crippen molar-refractivity contribution in [2.75, 3.05) is 0 Å². The van der Waals surface area contributed by atoms with Crippen molar-refractivity contribution < 1.29 is 9.53 Å². The number of nitrogens with zero attached hydrogens (tertiary/aromatic N) is 4. The van der Waals surface area contributed by atoms with Crippen LogP contribution in [-0.2, 0) is 25.4 Å². The Morgan fingerprint density at radius 2 is 1.81 bits per heavy atom. The van der Waals surface area contributed by atoms with Crippen molar-refractivity contribution in [1.29, 1.82) is 0 Å². The van der Waals surface area contributed by atoms with E-state index in [0.717, 1.165) is 11.0 Å². The molecule has 0 fully saturated rings. The zero-order valence-corrected chi connectivity index (χ0v) is 15.8. The fourth-order valence-electron chi connectivity index (χ4n) is 2.92. The number of benzene rings is 1. The zero-order chi connectivity index (χ0) is 19.7. The molecule has 1 aromatic carbocycles. The van der Waals surface area contributed by atoms with Gasteiger partial charge in [0.1, 0.15) is 12.3 Å². The molecule has 0 radical (unpaired) electrons. The van der Waals surface area contributed by atoms with Crippen LogP contribution in [0.3, 0.4) is 0 Å². The van der Waals surface area contributed by atoms with E-state index in [1.807, 2.05) is 12.1 Å². The van der Waals surface area contributed by atoms with Crippen LogP contribution in [0.25, 0.3) is 11.2 Å². The molecule has 3 aromatic rings. The second-order valence-electron chi connectivity index (χ2n) is 6.60. The maximum Gasteiger partial charge on any atom is 0.332 e. The Labute approximate surface area is 155 Å². The third kappa shape index (κ3) is 3.42. The average Bonchev–Trinajstić information content (AvgIpc) is 3.08. The van der Waals surface area contributed by atoms with Gasteiger partial charge in [-0.3, -0.25) is 13.9 Å². The third-order valence-corrected chi connectivity index (χ3v) is 4.81. The number of hydrogen-bond acceptors (Lipinski definition) is 5. The molecular formula is C19H22N4O4. The predicted octanol–water partition coefficient (Wildman–Crippen LogP) is 1.55. The van der Waals surface area contributed by atoms with Gasteiger partial charge in [-0.2, -0.15) is 0 Å². The second-order valence-corrected chi connectivity index (χ2v) is 6.60. The summed E-state index contributed by atoms with van der Waals surface area (Å²) in [5, 5.41) is 0. The van der Waals surface area contributed by atoms with Gasteiger partial charge in [0.05, 0.1) is 6.33 Å². The number of ether oxygens (including phenoxy) is 1. The summed E-state index contributed by atoms with van der Waals surface area (Å²) in [6, 6.07) is 7.39. The van der Waals surface area contributed by atoms with Crippen LogP contribution in [-0.4, -0.2) is 24.7 Å². The van der Waals surface area contributed by atoms with Crippen molar-refractivity contribution in [2.24, 2.45) is 14.1 Å². The van der Waals surface area contributed by atoms with E-state index in [1.165, 1.54) is 35.1 Å². The molecule has 0 aliphatic carbocycles. The molecule has 0 unspecified atom stereocenters. The van der Waals surface area contributed by atoms with Crippen LogP contribution in [0.2, 0.25) is 0 Å². The number of carbonyl (C=O) groups excluding carboxylic acids is 1. The van der Waals surface area contributed by atoms with Gasteiger partial charge < -0.3 is 9.30 Å². The van der Waals surface area contributed by atoms with Gasteiger partial charge in [0.25, 0.3) is 5.56 Å². The van der Waals surface area contributed by atoms with Crippen LogP contribution in [0.4, 0.5) is 0 Å². The first-order valence-electron chi connectivity index (χ1n) is 8.75. The highest BCUT2D eigenvalue weighted by Gasteiger charge is 2.16. The molecule has 27 heavy (non-hydrogen) atoms. The molecule has 142 valence electrons. The highest BCUT2D eigenvalue weighted by Crippen LogP contribution is 2.21. The summed E-state index contributed by atoms with van der Waals surface area (Å²) in [6.07, 6.45) is 2.39. The van der Waals surface area contributed by atoms with Crippen molar-refractivity contribution in [3.05, 3.63) is 57.0 Å². The first-order chi connectivity index (χ1) is 12.8. The first-order valence-corrected chi connectivity index (χ1v) is 8.75. The lowest BCUT2D eigenvalue weighted by atomic mass is 9.99. The van der Waals surface area contributed by atoms with E-state index >= 15 is 0 Å². The van der Waals surface area contributed by atoms with E-state index in [-0.39, 0.29) is 17.7 Å². The monoisotopic (exact) mass is 370 g/mol. The molecule has 2 aromatic heterocycles. The summed E-state index contributed by atoms with van der Waals surface area (Å²) in [4.78, 5) is 40.7. The van der Waals surface area contributed by atoms with Gasteiger partial charge in [-0.05, 0) is 30.0 Å². The Hall–Kier alpha value is -3.16. The summed E-state index contributed by atoms with van der Waals surface area (Å²) in [7, 11) is 2.91. The van der Waals surface area contributed by atoms with Crippen molar-refractivity contribution in [2.45, 2.75) is 32.7 Å². The highest BCUT2D eigenvalue weighted by molar-refractivity contribution is 5.76. The fraction of sp³-hybridized carbons (Fsp3) is 0.368. The van der Waals surface area contributed by atoms with Crippen molar-refractivity contribution in [3.63, 3.8) is 0 Å². The van der Waals surface area contributed by atoms with E-state index in [4.69, 9.17) is 4.74 Å². The number of esters is 1. The van der Waals surface area contributed by atoms with E-state index in [2.05, 4.69) is 18.8 Å². The molecule has 0 saturated carbocycles. The number of carbonyl (C=O) groups is 1. The van der Waals surface area contributed by atoms with Crippen molar-refractivity contribution in [1.82, 2.24) is 18.7 Å². The summed E-state index contributed by atoms with van der Waals surface area (Å²) < 4.78 is 9.02. The van der Waals surface area contributed by atoms with Gasteiger partial charge in [0.15, 0.2) is 11.2 Å². The van der Waals surface area contributed by atoms with Crippen LogP contribution < -0.4 is 16.0 Å². The Kier molecular flexibility index (Phi) is 4.98. The molecule has 0 saturated heterocycles. The van der Waals surface area contributed by atoms with E-state index in [9.17, 15) is 14.4 Å². The lowest BCUT2D eigenvalue weighted by Gasteiger charge is -2.10. The molecule has 0 amide bonds. The molecule has 0 aliphatic rings. The van der Waals surface area contributed by atoms with Gasteiger partial charge in [-0.15, -0.1) is 0 Å². The Morgan fingerprint density at radius 3 is 2.44 bits per heavy atom. The largest absolute Gasteiger partial charge is 0.425 e. The molecule has 0 N–H and O–H groups in total. The number of fused-ring (bicyclic) bond motifs is 1. The van der Waals surface area contributed by atoms with E-state index in [1.54, 1.807) is 12.1 Å². The number of aromatic nitrogens is 4. The van der Waals surface area contributed by atoms with Gasteiger partial charge in [0, 0.05) is 14.1 Å². The van der Waals surface area contributed by atoms with E-state index in [0.29, 0.717) is 11.7 Å². The van der Waals surface area contributed by atoms with Gasteiger partial charge in [-0.1, -0.05) is 26.0 Å². The molecule has 0 bridgehead atoms. The lowest BCUT2D eigenvalue weighted by molar-refractivity contribution is -0.135. The Bertz CT molecular complexity index is 1110. The maximum atomic E-state index is 12.4. The third-order valence-electron chi connectivity index (χ3n) is 4.81. The summed E-state index contributed by atoms with van der Waals surface area (Å²) in [5.74, 6) is 0.355. The van der Waals surface area contributed by atoms with Crippen LogP contribution in [0.5, 0.6) is 5.75 Å². The number of imidazole rings is 1. The van der Waals surface area contributed by atoms with Crippen molar-refractivity contribution in [3.8, 4) is 5.75 Å². The molecule has 3 rings (SSSR count). The Morgan fingerprint density at radius 1 is 1.15 bits per heavy atom. The fourth-order valence-corrected chi connectivity index (χ4v) is 2.92. The van der Waals surface area contributed by atoms with Gasteiger partial charge in [-0.25, -0.2) is 14.6 Å². The predicted molar refractivity (Wildman–Crippen MR) is 101 cm³/mol. The number of hydrogen-bond donors (Lipinski definition) is 0. The average molecular weight is 370 g/mol. The topological polar surface area (TPSA) is 88.1 Å². The van der Waals surface area contributed by atoms with Gasteiger partial charge >= 0.3 is 11.7 Å². The minimum Gasteiger partial charge on any atom is -0.425 e. The quantitative estimate of drug-likeness (QED) is 0.502. The summed E-state index contributed by atoms with van der Waals surface area (Å²) >= 11 is 0. The van der Waals surface area contributed by atoms with Crippen LogP contribution >= 0.6 is 0 Å². The highest BCUT2D eigenvalue weighted by atomic mass is 16.5. The van der Waals surface area contributed by atoms with Gasteiger partial charge in [0.2, 0.25) is 0 Å². The summed E-state index contributed by atoms with van der Waals surface area (Å²) in [6.45, 7) is 4.07. The minimum absolute atomic E-state index is 0.183. The van der Waals surface area contributed by atoms with Crippen LogP contribution in [0.15, 0.2) is 40.2 Å². The molecule has 2 heterocycles. The second kappa shape index (κ2) is 7.22. The van der Waals surface area contributed by atoms with Crippen LogP contribution in [0, 0.1) is 0 Å². The normalized spacial score (nSPS) is 12.3.